The molecule has 2 aliphatic rings. The molecule has 2 N–H and O–H groups in total. The Kier molecular flexibility index (Phi) is 4.84. The molecule has 0 bridgehead atoms. The molecule has 136 valence electrons. The summed E-state index contributed by atoms with van der Waals surface area (Å²) in [4.78, 5) is 16.3. The van der Waals surface area contributed by atoms with E-state index in [0.717, 1.165) is 19.4 Å². The predicted octanol–water partition coefficient (Wildman–Crippen LogP) is 2.25. The Morgan fingerprint density at radius 3 is 2.69 bits per heavy atom. The zero-order valence-corrected chi connectivity index (χ0v) is 14.4. The first kappa shape index (κ1) is 17.0. The third kappa shape index (κ3) is 3.70. The number of hydrogen-bond acceptors (Lipinski definition) is 4. The van der Waals surface area contributed by atoms with Crippen LogP contribution in [-0.4, -0.2) is 36.1 Å². The van der Waals surface area contributed by atoms with Crippen LogP contribution >= 0.6 is 0 Å². The van der Waals surface area contributed by atoms with Crippen molar-refractivity contribution in [2.24, 2.45) is 5.92 Å². The summed E-state index contributed by atoms with van der Waals surface area (Å²) in [7, 11) is 0. The summed E-state index contributed by atoms with van der Waals surface area (Å²) in [5.41, 5.74) is 1.20. The van der Waals surface area contributed by atoms with E-state index >= 15 is 0 Å². The molecule has 0 radical (unpaired) electrons. The molecule has 0 unspecified atom stereocenters. The molecule has 26 heavy (non-hydrogen) atoms. The number of ether oxygens (including phenoxy) is 1. The number of benzene rings is 1. The van der Waals surface area contributed by atoms with Crippen LogP contribution in [0.15, 0.2) is 48.7 Å². The number of pyridine rings is 1. The molecule has 1 aliphatic heterocycles. The lowest BCUT2D eigenvalue weighted by Gasteiger charge is -2.36. The van der Waals surface area contributed by atoms with Crippen LogP contribution < -0.4 is 15.4 Å². The number of nitrogens with one attached hydrogen (secondary N) is 2. The average molecular weight is 355 g/mol. The summed E-state index contributed by atoms with van der Waals surface area (Å²) in [6.07, 6.45) is 2.95. The van der Waals surface area contributed by atoms with E-state index in [-0.39, 0.29) is 29.9 Å². The number of rotatable bonds is 5. The highest BCUT2D eigenvalue weighted by Gasteiger charge is 2.38. The fraction of sp³-hybridized carbons (Fsp3) is 0.400. The van der Waals surface area contributed by atoms with E-state index in [2.05, 4.69) is 27.8 Å². The van der Waals surface area contributed by atoms with Gasteiger partial charge in [0.2, 0.25) is 11.9 Å². The highest BCUT2D eigenvalue weighted by Crippen LogP contribution is 2.30. The fourth-order valence-electron chi connectivity index (χ4n) is 3.72. The summed E-state index contributed by atoms with van der Waals surface area (Å²) < 4.78 is 18.5. The van der Waals surface area contributed by atoms with Crippen LogP contribution in [0.4, 0.5) is 4.39 Å². The van der Waals surface area contributed by atoms with E-state index < -0.39 is 5.95 Å². The number of nitrogens with zero attached hydrogens (tertiary/aromatic N) is 1. The molecule has 2 fully saturated rings. The van der Waals surface area contributed by atoms with Gasteiger partial charge in [-0.3, -0.25) is 4.79 Å². The Bertz CT molecular complexity index is 747. The van der Waals surface area contributed by atoms with Crippen LogP contribution in [0.3, 0.4) is 0 Å². The fourth-order valence-corrected chi connectivity index (χ4v) is 3.72. The molecule has 1 saturated carbocycles. The quantitative estimate of drug-likeness (QED) is 0.808. The van der Waals surface area contributed by atoms with Crippen molar-refractivity contribution < 1.29 is 13.9 Å². The van der Waals surface area contributed by atoms with Gasteiger partial charge >= 0.3 is 0 Å². The van der Waals surface area contributed by atoms with Gasteiger partial charge in [0.1, 0.15) is 11.9 Å². The van der Waals surface area contributed by atoms with Gasteiger partial charge in [-0.15, -0.1) is 0 Å². The number of halogens is 1. The average Bonchev–Trinajstić information content (AvgIpc) is 3.12. The normalized spacial score (nSPS) is 27.6. The molecule has 1 saturated heterocycles. The molecule has 6 heteroatoms. The first-order chi connectivity index (χ1) is 12.7. The maximum absolute atomic E-state index is 12.8. The van der Waals surface area contributed by atoms with Crippen molar-refractivity contribution in [3.05, 3.63) is 60.2 Å². The molecular weight excluding hydrogens is 333 g/mol. The van der Waals surface area contributed by atoms with Crippen molar-refractivity contribution in [3.63, 3.8) is 0 Å². The third-order valence-electron chi connectivity index (χ3n) is 5.22. The molecule has 4 rings (SSSR count). The van der Waals surface area contributed by atoms with Crippen LogP contribution in [0.2, 0.25) is 0 Å². The van der Waals surface area contributed by atoms with Crippen molar-refractivity contribution in [1.29, 1.82) is 0 Å². The summed E-state index contributed by atoms with van der Waals surface area (Å²) >= 11 is 0. The summed E-state index contributed by atoms with van der Waals surface area (Å²) in [5.74, 6) is 0.322. The standard InChI is InChI=1S/C20H22FN3O2/c21-19-7-6-15(10-23-19)26-16-8-14(9-16)24-20(25)18-12-22-11-17(18)13-4-2-1-3-5-13/h1-7,10,14,16-18,22H,8-9,11-12H2,(H,24,25)/t14-,16-,17-,18+/m0/s1. The summed E-state index contributed by atoms with van der Waals surface area (Å²) in [6.45, 7) is 1.54. The van der Waals surface area contributed by atoms with Crippen LogP contribution in [0.25, 0.3) is 0 Å². The van der Waals surface area contributed by atoms with Gasteiger partial charge in [0, 0.05) is 37.9 Å². The monoisotopic (exact) mass is 355 g/mol. The van der Waals surface area contributed by atoms with Crippen LogP contribution in [-0.2, 0) is 4.79 Å². The molecule has 1 amide bonds. The SMILES string of the molecule is O=C(N[C@H]1C[C@H](Oc2ccc(F)nc2)C1)[C@@H]1CNC[C@H]1c1ccccc1. The number of carbonyl (C=O) groups is 1. The summed E-state index contributed by atoms with van der Waals surface area (Å²) in [5, 5.41) is 6.48. The highest BCUT2D eigenvalue weighted by molar-refractivity contribution is 5.81. The number of aromatic nitrogens is 1. The molecule has 2 aromatic rings. The lowest BCUT2D eigenvalue weighted by molar-refractivity contribution is -0.126. The smallest absolute Gasteiger partial charge is 0.225 e. The van der Waals surface area contributed by atoms with Gasteiger partial charge in [-0.1, -0.05) is 30.3 Å². The van der Waals surface area contributed by atoms with Gasteiger partial charge in [0.25, 0.3) is 0 Å². The van der Waals surface area contributed by atoms with Crippen molar-refractivity contribution in [2.45, 2.75) is 30.9 Å². The van der Waals surface area contributed by atoms with Gasteiger partial charge in [-0.2, -0.15) is 4.39 Å². The molecule has 1 aromatic heterocycles. The van der Waals surface area contributed by atoms with Crippen LogP contribution in [0.1, 0.15) is 24.3 Å². The minimum atomic E-state index is -0.519. The number of amides is 1. The van der Waals surface area contributed by atoms with Crippen LogP contribution in [0, 0.1) is 11.9 Å². The number of hydrogen-bond donors (Lipinski definition) is 2. The maximum Gasteiger partial charge on any atom is 0.225 e. The largest absolute Gasteiger partial charge is 0.489 e. The Hall–Kier alpha value is -2.47. The van der Waals surface area contributed by atoms with E-state index in [1.807, 2.05) is 18.2 Å². The molecule has 2 atom stereocenters. The molecule has 1 aliphatic carbocycles. The summed E-state index contributed by atoms with van der Waals surface area (Å²) in [6, 6.07) is 13.2. The second-order valence-corrected chi connectivity index (χ2v) is 7.02. The number of carbonyl (C=O) groups excluding carboxylic acids is 1. The van der Waals surface area contributed by atoms with E-state index in [4.69, 9.17) is 4.74 Å². The Balaban J connectivity index is 1.27. The van der Waals surface area contributed by atoms with Gasteiger partial charge < -0.3 is 15.4 Å². The molecule has 2 heterocycles. The third-order valence-corrected chi connectivity index (χ3v) is 5.22. The van der Waals surface area contributed by atoms with E-state index in [1.54, 1.807) is 6.07 Å². The lowest BCUT2D eigenvalue weighted by atomic mass is 9.85. The van der Waals surface area contributed by atoms with E-state index in [1.165, 1.54) is 17.8 Å². The second kappa shape index (κ2) is 7.41. The molecular formula is C20H22FN3O2. The maximum atomic E-state index is 12.8. The van der Waals surface area contributed by atoms with Crippen molar-refractivity contribution >= 4 is 5.91 Å². The minimum absolute atomic E-state index is 0.0409. The first-order valence-corrected chi connectivity index (χ1v) is 9.03. The zero-order valence-electron chi connectivity index (χ0n) is 14.4. The van der Waals surface area contributed by atoms with Gasteiger partial charge in [0.05, 0.1) is 12.1 Å². The van der Waals surface area contributed by atoms with E-state index in [9.17, 15) is 9.18 Å². The van der Waals surface area contributed by atoms with E-state index in [0.29, 0.717) is 12.3 Å². The van der Waals surface area contributed by atoms with Crippen molar-refractivity contribution in [1.82, 2.24) is 15.6 Å². The molecule has 5 nitrogen and oxygen atoms in total. The van der Waals surface area contributed by atoms with Crippen LogP contribution in [0.5, 0.6) is 5.75 Å². The minimum Gasteiger partial charge on any atom is -0.489 e. The topological polar surface area (TPSA) is 63.2 Å². The van der Waals surface area contributed by atoms with Gasteiger partial charge in [-0.05, 0) is 17.7 Å². The predicted molar refractivity (Wildman–Crippen MR) is 95.3 cm³/mol. The molecule has 0 spiro atoms. The van der Waals surface area contributed by atoms with Crippen molar-refractivity contribution in [3.8, 4) is 5.75 Å². The van der Waals surface area contributed by atoms with Crippen molar-refractivity contribution in [2.75, 3.05) is 13.1 Å². The Labute approximate surface area is 152 Å². The van der Waals surface area contributed by atoms with Gasteiger partial charge in [0.15, 0.2) is 0 Å². The Morgan fingerprint density at radius 1 is 1.15 bits per heavy atom. The highest BCUT2D eigenvalue weighted by atomic mass is 19.1. The first-order valence-electron chi connectivity index (χ1n) is 9.03. The van der Waals surface area contributed by atoms with Gasteiger partial charge in [-0.25, -0.2) is 4.98 Å². The lowest BCUT2D eigenvalue weighted by Crippen LogP contribution is -2.51. The Morgan fingerprint density at radius 2 is 1.96 bits per heavy atom. The second-order valence-electron chi connectivity index (χ2n) is 7.02. The zero-order chi connectivity index (χ0) is 17.9. The molecule has 1 aromatic carbocycles.